The van der Waals surface area contributed by atoms with E-state index < -0.39 is 5.41 Å². The zero-order chi connectivity index (χ0) is 27.2. The summed E-state index contributed by atoms with van der Waals surface area (Å²) in [6.07, 6.45) is 11.6. The van der Waals surface area contributed by atoms with Crippen LogP contribution in [0.5, 0.6) is 0 Å². The van der Waals surface area contributed by atoms with Crippen LogP contribution in [0.1, 0.15) is 89.5 Å². The first-order valence-corrected chi connectivity index (χ1v) is 15.2. The molecule has 6 atom stereocenters. The molecule has 5 nitrogen and oxygen atoms in total. The van der Waals surface area contributed by atoms with Gasteiger partial charge in [0.05, 0.1) is 5.41 Å². The predicted octanol–water partition coefficient (Wildman–Crippen LogP) is 6.71. The number of fused-ring (bicyclic) bond motifs is 4. The Bertz CT molecular complexity index is 1260. The molecular formula is C34H42N2O3. The van der Waals surface area contributed by atoms with E-state index in [1.54, 1.807) is 5.57 Å². The van der Waals surface area contributed by atoms with Crippen LogP contribution in [-0.2, 0) is 4.79 Å². The molecule has 0 bridgehead atoms. The van der Waals surface area contributed by atoms with Crippen LogP contribution < -0.4 is 4.90 Å². The molecule has 1 aromatic rings. The van der Waals surface area contributed by atoms with Crippen molar-refractivity contribution in [3.63, 3.8) is 0 Å². The summed E-state index contributed by atoms with van der Waals surface area (Å²) in [5, 5.41) is 13.0. The molecule has 4 aliphatic carbocycles. The van der Waals surface area contributed by atoms with Gasteiger partial charge in [0.15, 0.2) is 5.78 Å². The van der Waals surface area contributed by atoms with Crippen molar-refractivity contribution in [2.75, 3.05) is 24.6 Å². The molecule has 1 heterocycles. The fourth-order valence-electron chi connectivity index (χ4n) is 9.31. The fourth-order valence-corrected chi connectivity index (χ4v) is 9.31. The maximum absolute atomic E-state index is 13.7. The molecule has 2 unspecified atom stereocenters. The van der Waals surface area contributed by atoms with Crippen molar-refractivity contribution in [3.05, 3.63) is 57.5 Å². The van der Waals surface area contributed by atoms with Gasteiger partial charge >= 0.3 is 0 Å². The number of nitroso groups, excluding NO2 is 1. The quantitative estimate of drug-likeness (QED) is 0.342. The molecule has 0 spiro atoms. The van der Waals surface area contributed by atoms with Crippen molar-refractivity contribution in [1.82, 2.24) is 0 Å². The van der Waals surface area contributed by atoms with E-state index in [0.717, 1.165) is 58.0 Å². The molecule has 3 fully saturated rings. The van der Waals surface area contributed by atoms with Crippen LogP contribution >= 0.6 is 0 Å². The SMILES string of the molecule is CCC(=O)[C@@]1(C#CCO)CC[C@H]2[C@@H]3CCC4=CC(N=O)CCC4=C3C(c3ccc(N4CCCC4)cc3)C[C@@]21C. The largest absolute Gasteiger partial charge is 0.384 e. The second kappa shape index (κ2) is 10.4. The zero-order valence-electron chi connectivity index (χ0n) is 23.5. The molecule has 2 saturated carbocycles. The van der Waals surface area contributed by atoms with Crippen LogP contribution in [0.15, 0.2) is 52.2 Å². The Morgan fingerprint density at radius 3 is 2.59 bits per heavy atom. The maximum atomic E-state index is 13.7. The van der Waals surface area contributed by atoms with E-state index in [0.29, 0.717) is 18.3 Å². The lowest BCUT2D eigenvalue weighted by molar-refractivity contribution is -0.132. The molecule has 6 rings (SSSR count). The highest BCUT2D eigenvalue weighted by atomic mass is 16.3. The van der Waals surface area contributed by atoms with Crippen molar-refractivity contribution in [2.45, 2.75) is 90.0 Å². The van der Waals surface area contributed by atoms with Crippen molar-refractivity contribution < 1.29 is 9.90 Å². The number of carbonyl (C=O) groups is 1. The van der Waals surface area contributed by atoms with Crippen molar-refractivity contribution >= 4 is 11.5 Å². The molecular weight excluding hydrogens is 484 g/mol. The first-order chi connectivity index (χ1) is 19.0. The number of allylic oxidation sites excluding steroid dienone is 3. The van der Waals surface area contributed by atoms with Gasteiger partial charge in [-0.05, 0) is 104 Å². The highest BCUT2D eigenvalue weighted by Gasteiger charge is 2.65. The summed E-state index contributed by atoms with van der Waals surface area (Å²) in [6.45, 7) is 6.36. The van der Waals surface area contributed by atoms with Crippen molar-refractivity contribution in [1.29, 1.82) is 0 Å². The first-order valence-electron chi connectivity index (χ1n) is 15.2. The molecule has 0 radical (unpaired) electrons. The van der Waals surface area contributed by atoms with Gasteiger partial charge in [-0.1, -0.05) is 54.6 Å². The van der Waals surface area contributed by atoms with E-state index in [1.165, 1.54) is 35.2 Å². The van der Waals surface area contributed by atoms with Crippen molar-refractivity contribution in [3.8, 4) is 11.8 Å². The average Bonchev–Trinajstić information content (AvgIpc) is 3.62. The van der Waals surface area contributed by atoms with Crippen LogP contribution in [0.3, 0.4) is 0 Å². The van der Waals surface area contributed by atoms with E-state index >= 15 is 0 Å². The third-order valence-corrected chi connectivity index (χ3v) is 11.1. The smallest absolute Gasteiger partial charge is 0.151 e. The Morgan fingerprint density at radius 2 is 1.90 bits per heavy atom. The average molecular weight is 527 g/mol. The number of rotatable bonds is 5. The molecule has 5 aliphatic rings. The minimum Gasteiger partial charge on any atom is -0.384 e. The van der Waals surface area contributed by atoms with Gasteiger partial charge in [0, 0.05) is 31.1 Å². The van der Waals surface area contributed by atoms with Crippen LogP contribution in [0, 0.1) is 39.4 Å². The lowest BCUT2D eigenvalue weighted by atomic mass is 9.48. The fraction of sp³-hybridized carbons (Fsp3) is 0.618. The molecule has 1 N–H and O–H groups in total. The van der Waals surface area contributed by atoms with E-state index in [4.69, 9.17) is 0 Å². The summed E-state index contributed by atoms with van der Waals surface area (Å²) in [7, 11) is 0. The lowest BCUT2D eigenvalue weighted by Gasteiger charge is -2.55. The van der Waals surface area contributed by atoms with Gasteiger partial charge in [0.1, 0.15) is 12.6 Å². The van der Waals surface area contributed by atoms with Gasteiger partial charge in [0.25, 0.3) is 0 Å². The van der Waals surface area contributed by atoms with Gasteiger partial charge in [0.2, 0.25) is 0 Å². The number of Topliss-reactive ketones (excluding diaryl/α,β-unsaturated/α-hetero) is 1. The third kappa shape index (κ3) is 4.13. The Morgan fingerprint density at radius 1 is 1.13 bits per heavy atom. The van der Waals surface area contributed by atoms with Crippen LogP contribution in [0.2, 0.25) is 0 Å². The first kappa shape index (κ1) is 26.5. The summed E-state index contributed by atoms with van der Waals surface area (Å²) in [6, 6.07) is 9.06. The summed E-state index contributed by atoms with van der Waals surface area (Å²) < 4.78 is 0. The van der Waals surface area contributed by atoms with Gasteiger partial charge < -0.3 is 10.0 Å². The van der Waals surface area contributed by atoms with Crippen LogP contribution in [0.25, 0.3) is 0 Å². The van der Waals surface area contributed by atoms with E-state index in [-0.39, 0.29) is 29.8 Å². The summed E-state index contributed by atoms with van der Waals surface area (Å²) in [5.74, 6) is 7.61. The number of nitrogens with zero attached hydrogens (tertiary/aromatic N) is 2. The second-order valence-corrected chi connectivity index (χ2v) is 12.7. The predicted molar refractivity (Wildman–Crippen MR) is 155 cm³/mol. The highest BCUT2D eigenvalue weighted by molar-refractivity contribution is 5.89. The monoisotopic (exact) mass is 526 g/mol. The number of benzene rings is 1. The zero-order valence-corrected chi connectivity index (χ0v) is 23.5. The number of ketones is 1. The minimum atomic E-state index is -0.700. The van der Waals surface area contributed by atoms with E-state index in [9.17, 15) is 14.8 Å². The van der Waals surface area contributed by atoms with Gasteiger partial charge in [-0.25, -0.2) is 0 Å². The third-order valence-electron chi connectivity index (χ3n) is 11.1. The molecule has 0 aromatic heterocycles. The Labute approximate surface area is 233 Å². The number of aliphatic hydroxyl groups excluding tert-OH is 1. The molecule has 5 heteroatoms. The van der Waals surface area contributed by atoms with Crippen LogP contribution in [0.4, 0.5) is 5.69 Å². The number of anilines is 1. The standard InChI is InChI=1S/C34H42N2O3/c1-3-31(38)34(16-6-20-37)17-15-30-28-13-9-24-21-25(35-39)10-14-27(24)32(28)29(22-33(30,34)2)23-7-11-26(12-8-23)36-18-4-5-19-36/h7-8,11-12,21,25,28-30,37H,3-5,9-10,13-15,17-20,22H2,1-2H3/t25?,28-,29?,30-,33-,34+/m0/s1. The summed E-state index contributed by atoms with van der Waals surface area (Å²) in [5.41, 5.74) is 6.07. The Hall–Kier alpha value is -2.71. The molecule has 1 saturated heterocycles. The van der Waals surface area contributed by atoms with Gasteiger partial charge in [-0.3, -0.25) is 4.79 Å². The van der Waals surface area contributed by atoms with Crippen molar-refractivity contribution in [2.24, 2.45) is 27.8 Å². The summed E-state index contributed by atoms with van der Waals surface area (Å²) in [4.78, 5) is 27.6. The topological polar surface area (TPSA) is 70.0 Å². The molecule has 39 heavy (non-hydrogen) atoms. The normalized spacial score (nSPS) is 35.4. The number of hydrogen-bond acceptors (Lipinski definition) is 5. The molecule has 206 valence electrons. The number of hydrogen-bond donors (Lipinski definition) is 1. The van der Waals surface area contributed by atoms with E-state index in [2.05, 4.69) is 59.2 Å². The lowest BCUT2D eigenvalue weighted by Crippen LogP contribution is -2.50. The number of aliphatic hydroxyl groups is 1. The highest BCUT2D eigenvalue weighted by Crippen LogP contribution is 2.70. The molecule has 0 amide bonds. The van der Waals surface area contributed by atoms with Gasteiger partial charge in [-0.15, -0.1) is 0 Å². The maximum Gasteiger partial charge on any atom is 0.151 e. The van der Waals surface area contributed by atoms with E-state index in [1.807, 2.05) is 6.92 Å². The Kier molecular flexibility index (Phi) is 7.04. The number of carbonyl (C=O) groups excluding carboxylic acids is 1. The van der Waals surface area contributed by atoms with Crippen LogP contribution in [-0.4, -0.2) is 36.6 Å². The molecule has 1 aromatic carbocycles. The summed E-state index contributed by atoms with van der Waals surface area (Å²) >= 11 is 0. The van der Waals surface area contributed by atoms with Gasteiger partial charge in [-0.2, -0.15) is 4.91 Å². The second-order valence-electron chi connectivity index (χ2n) is 12.7. The Balaban J connectivity index is 1.48. The minimum absolute atomic E-state index is 0.206. The molecule has 1 aliphatic heterocycles.